The zero-order valence-electron chi connectivity index (χ0n) is 23.5. The molecule has 0 saturated carbocycles. The Morgan fingerprint density at radius 1 is 0.941 bits per heavy atom. The van der Waals surface area contributed by atoms with Gasteiger partial charge in [0, 0.05) is 6.92 Å². The summed E-state index contributed by atoms with van der Waals surface area (Å²) in [5.41, 5.74) is 2.09. The van der Waals surface area contributed by atoms with Crippen LogP contribution in [0.15, 0.2) is 6.07 Å². The molecule has 0 unspecified atom stereocenters. The van der Waals surface area contributed by atoms with E-state index in [4.69, 9.17) is 15.9 Å². The van der Waals surface area contributed by atoms with E-state index in [0.717, 1.165) is 47.1 Å². The zero-order valence-corrected chi connectivity index (χ0v) is 23.5. The van der Waals surface area contributed by atoms with Crippen LogP contribution in [-0.2, 0) is 4.79 Å². The van der Waals surface area contributed by atoms with Gasteiger partial charge in [-0.05, 0) is 81.0 Å². The number of terminal acetylenes is 1. The van der Waals surface area contributed by atoms with Crippen molar-refractivity contribution in [3.8, 4) is 23.8 Å². The van der Waals surface area contributed by atoms with E-state index in [-0.39, 0.29) is 5.97 Å². The molecule has 0 heterocycles. The molecule has 34 heavy (non-hydrogen) atoms. The molecule has 0 aliphatic carbocycles. The molecule has 0 fully saturated rings. The highest BCUT2D eigenvalue weighted by atomic mass is 16.5. The summed E-state index contributed by atoms with van der Waals surface area (Å²) in [7, 11) is 0. The molecule has 3 atom stereocenters. The van der Waals surface area contributed by atoms with Gasteiger partial charge in [0.05, 0.1) is 0 Å². The van der Waals surface area contributed by atoms with Crippen LogP contribution in [0.2, 0.25) is 0 Å². The molecule has 0 spiro atoms. The van der Waals surface area contributed by atoms with Crippen LogP contribution in [0, 0.1) is 50.9 Å². The number of ether oxygens (including phenoxy) is 2. The van der Waals surface area contributed by atoms with E-state index >= 15 is 0 Å². The molecule has 1 aromatic rings. The van der Waals surface area contributed by atoms with Crippen molar-refractivity contribution in [2.75, 3.05) is 0 Å². The molecule has 0 aliphatic rings. The molecule has 0 N–H and O–H groups in total. The summed E-state index contributed by atoms with van der Waals surface area (Å²) in [5.74, 6) is 6.33. The van der Waals surface area contributed by atoms with Crippen molar-refractivity contribution in [1.29, 1.82) is 0 Å². The van der Waals surface area contributed by atoms with Crippen LogP contribution in [0.25, 0.3) is 0 Å². The number of benzene rings is 1. The third-order valence-electron chi connectivity index (χ3n) is 7.09. The Kier molecular flexibility index (Phi) is 12.8. The van der Waals surface area contributed by atoms with Gasteiger partial charge < -0.3 is 9.47 Å². The number of esters is 1. The van der Waals surface area contributed by atoms with Crippen molar-refractivity contribution < 1.29 is 14.3 Å². The Labute approximate surface area is 210 Å². The van der Waals surface area contributed by atoms with Crippen molar-refractivity contribution in [1.82, 2.24) is 0 Å². The van der Waals surface area contributed by atoms with Crippen molar-refractivity contribution in [3.63, 3.8) is 0 Å². The van der Waals surface area contributed by atoms with Gasteiger partial charge in [0.1, 0.15) is 11.5 Å². The molecule has 0 radical (unpaired) electrons. The van der Waals surface area contributed by atoms with Gasteiger partial charge in [-0.1, -0.05) is 78.6 Å². The largest absolute Gasteiger partial charge is 0.475 e. The topological polar surface area (TPSA) is 35.5 Å². The molecule has 0 amide bonds. The second kappa shape index (κ2) is 14.4. The highest BCUT2D eigenvalue weighted by Gasteiger charge is 2.26. The van der Waals surface area contributed by atoms with E-state index in [1.54, 1.807) is 0 Å². The summed E-state index contributed by atoms with van der Waals surface area (Å²) >= 11 is 0. The Hall–Kier alpha value is -1.95. The third-order valence-corrected chi connectivity index (χ3v) is 7.09. The summed E-state index contributed by atoms with van der Waals surface area (Å²) in [6.45, 7) is 18.7. The zero-order chi connectivity index (χ0) is 25.9. The van der Waals surface area contributed by atoms with Crippen LogP contribution < -0.4 is 9.47 Å². The first-order valence-corrected chi connectivity index (χ1v) is 13.3. The summed E-state index contributed by atoms with van der Waals surface area (Å²) in [6, 6.07) is 1.93. The Morgan fingerprint density at radius 2 is 1.47 bits per heavy atom. The number of hydrogen-bond donors (Lipinski definition) is 0. The van der Waals surface area contributed by atoms with E-state index < -0.39 is 5.60 Å². The maximum atomic E-state index is 11.4. The number of aryl methyl sites for hydroxylation is 1. The normalized spacial score (nSPS) is 14.9. The molecule has 0 saturated heterocycles. The van der Waals surface area contributed by atoms with Crippen molar-refractivity contribution in [2.45, 2.75) is 126 Å². The summed E-state index contributed by atoms with van der Waals surface area (Å²) in [4.78, 5) is 11.4. The van der Waals surface area contributed by atoms with E-state index in [0.29, 0.717) is 11.7 Å². The van der Waals surface area contributed by atoms with Crippen LogP contribution >= 0.6 is 0 Å². The fourth-order valence-corrected chi connectivity index (χ4v) is 4.59. The minimum atomic E-state index is -0.656. The lowest BCUT2D eigenvalue weighted by Crippen LogP contribution is -2.31. The quantitative estimate of drug-likeness (QED) is 0.146. The van der Waals surface area contributed by atoms with Gasteiger partial charge in [-0.25, -0.2) is 0 Å². The van der Waals surface area contributed by atoms with Crippen molar-refractivity contribution >= 4 is 5.97 Å². The minimum absolute atomic E-state index is 0.317. The number of carbonyl (C=O) groups excluding carboxylic acids is 1. The van der Waals surface area contributed by atoms with Crippen LogP contribution in [0.4, 0.5) is 0 Å². The van der Waals surface area contributed by atoms with Gasteiger partial charge in [-0.3, -0.25) is 4.79 Å². The molecular weight excluding hydrogens is 420 g/mol. The Morgan fingerprint density at radius 3 is 1.97 bits per heavy atom. The third kappa shape index (κ3) is 10.5. The molecule has 3 heteroatoms. The Balaban J connectivity index is 2.55. The van der Waals surface area contributed by atoms with Gasteiger partial charge in [0.2, 0.25) is 0 Å². The summed E-state index contributed by atoms with van der Waals surface area (Å²) in [5, 5.41) is 0. The highest BCUT2D eigenvalue weighted by Crippen LogP contribution is 2.36. The van der Waals surface area contributed by atoms with Crippen LogP contribution in [0.3, 0.4) is 0 Å². The molecule has 192 valence electrons. The van der Waals surface area contributed by atoms with Gasteiger partial charge in [0.25, 0.3) is 0 Å². The fraction of sp³-hybridized carbons (Fsp3) is 0.710. The predicted molar refractivity (Wildman–Crippen MR) is 145 cm³/mol. The lowest BCUT2D eigenvalue weighted by molar-refractivity contribution is -0.132. The first-order chi connectivity index (χ1) is 15.9. The standard InChI is InChI=1S/C31H50O3/c1-11-31(10,34-29-21-25(6)30(33-28(9)32)27(8)26(29)7)20-14-19-24(5)18-13-17-23(4)16-12-15-22(2)3/h1,21-24H,12-20H2,2-10H3/t23-,24-,31-/m0/s1. The monoisotopic (exact) mass is 470 g/mol. The molecule has 0 aliphatic heterocycles. The molecule has 0 bridgehead atoms. The molecule has 1 aromatic carbocycles. The molecule has 0 aromatic heterocycles. The SMILES string of the molecule is C#C[C@@](C)(CCC[C@@H](C)CCC[C@@H](C)CCCC(C)C)Oc1cc(C)c(OC(C)=O)c(C)c1C. The van der Waals surface area contributed by atoms with Gasteiger partial charge in [-0.2, -0.15) is 0 Å². The average Bonchev–Trinajstić information content (AvgIpc) is 2.74. The van der Waals surface area contributed by atoms with Crippen molar-refractivity contribution in [3.05, 3.63) is 22.8 Å². The predicted octanol–water partition coefficient (Wildman–Crippen LogP) is 8.75. The molecule has 1 rings (SSSR count). The van der Waals surface area contributed by atoms with E-state index in [2.05, 4.69) is 33.6 Å². The first-order valence-electron chi connectivity index (χ1n) is 13.3. The Bertz CT molecular complexity index is 817. The number of rotatable bonds is 15. The average molecular weight is 471 g/mol. The maximum Gasteiger partial charge on any atom is 0.308 e. The summed E-state index contributed by atoms with van der Waals surface area (Å²) in [6.07, 6.45) is 17.0. The van der Waals surface area contributed by atoms with E-state index in [1.165, 1.54) is 51.9 Å². The van der Waals surface area contributed by atoms with Crippen LogP contribution in [-0.4, -0.2) is 11.6 Å². The second-order valence-electron chi connectivity index (χ2n) is 11.2. The molecule has 3 nitrogen and oxygen atoms in total. The van der Waals surface area contributed by atoms with Crippen molar-refractivity contribution in [2.24, 2.45) is 17.8 Å². The van der Waals surface area contributed by atoms with Crippen LogP contribution in [0.5, 0.6) is 11.5 Å². The highest BCUT2D eigenvalue weighted by molar-refractivity contribution is 5.71. The van der Waals surface area contributed by atoms with Crippen LogP contribution in [0.1, 0.15) is 116 Å². The smallest absolute Gasteiger partial charge is 0.308 e. The van der Waals surface area contributed by atoms with Gasteiger partial charge >= 0.3 is 5.97 Å². The van der Waals surface area contributed by atoms with E-state index in [1.807, 2.05) is 33.8 Å². The second-order valence-corrected chi connectivity index (χ2v) is 11.2. The van der Waals surface area contributed by atoms with Gasteiger partial charge in [-0.15, -0.1) is 6.42 Å². The first kappa shape index (κ1) is 30.1. The number of hydrogen-bond acceptors (Lipinski definition) is 3. The van der Waals surface area contributed by atoms with Gasteiger partial charge in [0.15, 0.2) is 5.60 Å². The maximum absolute atomic E-state index is 11.4. The van der Waals surface area contributed by atoms with E-state index in [9.17, 15) is 4.79 Å². The lowest BCUT2D eigenvalue weighted by Gasteiger charge is -2.28. The number of carbonyl (C=O) groups is 1. The molecular formula is C31H50O3. The minimum Gasteiger partial charge on any atom is -0.475 e. The lowest BCUT2D eigenvalue weighted by atomic mass is 9.90. The summed E-state index contributed by atoms with van der Waals surface area (Å²) < 4.78 is 11.8. The fourth-order valence-electron chi connectivity index (χ4n) is 4.59.